The fourth-order valence-corrected chi connectivity index (χ4v) is 3.61. The van der Waals surface area contributed by atoms with Gasteiger partial charge in [-0.15, -0.1) is 0 Å². The quantitative estimate of drug-likeness (QED) is 0.540. The predicted octanol–water partition coefficient (Wildman–Crippen LogP) is 3.33. The number of hydrogen-bond donors (Lipinski definition) is 2. The van der Waals surface area contributed by atoms with Gasteiger partial charge in [-0.1, -0.05) is 19.3 Å². The van der Waals surface area contributed by atoms with Crippen molar-refractivity contribution in [1.82, 2.24) is 24.2 Å². The van der Waals surface area contributed by atoms with Crippen LogP contribution in [0.4, 0.5) is 5.82 Å². The second-order valence-corrected chi connectivity index (χ2v) is 7.34. The standard InChI is InChI=1S/C13H10N6.C7H14O/c14-13-12-11(3-6-19(12)17-8-15-13)9-2-5-18-10(7-9)1-4-16-18;1-7(8)5-3-2-4-6-7/h1-8H,(H2,14,15,17);8H,2-6H2,1H3. The Morgan fingerprint density at radius 2 is 1.81 bits per heavy atom. The molecular weight excluding hydrogens is 340 g/mol. The van der Waals surface area contributed by atoms with E-state index in [4.69, 9.17) is 5.73 Å². The molecule has 0 saturated heterocycles. The number of nitrogens with zero attached hydrogens (tertiary/aromatic N) is 5. The Morgan fingerprint density at radius 1 is 1.04 bits per heavy atom. The van der Waals surface area contributed by atoms with Crippen molar-refractivity contribution in [3.63, 3.8) is 0 Å². The van der Waals surface area contributed by atoms with Crippen molar-refractivity contribution in [1.29, 1.82) is 0 Å². The van der Waals surface area contributed by atoms with Gasteiger partial charge in [-0.05, 0) is 49.6 Å². The fraction of sp³-hybridized carbons (Fsp3) is 0.350. The highest BCUT2D eigenvalue weighted by atomic mass is 16.3. The molecule has 0 aliphatic heterocycles. The van der Waals surface area contributed by atoms with E-state index in [0.29, 0.717) is 5.82 Å². The van der Waals surface area contributed by atoms with Crippen LogP contribution in [-0.2, 0) is 0 Å². The predicted molar refractivity (Wildman–Crippen MR) is 105 cm³/mol. The summed E-state index contributed by atoms with van der Waals surface area (Å²) in [6.45, 7) is 1.94. The van der Waals surface area contributed by atoms with Crippen LogP contribution in [0.1, 0.15) is 39.0 Å². The van der Waals surface area contributed by atoms with E-state index >= 15 is 0 Å². The minimum atomic E-state index is -0.321. The molecule has 0 amide bonds. The van der Waals surface area contributed by atoms with Crippen LogP contribution in [0.3, 0.4) is 0 Å². The Bertz CT molecular complexity index is 1060. The first-order valence-electron chi connectivity index (χ1n) is 9.27. The molecule has 0 spiro atoms. The molecule has 7 nitrogen and oxygen atoms in total. The Balaban J connectivity index is 0.000000190. The summed E-state index contributed by atoms with van der Waals surface area (Å²) in [6, 6.07) is 8.01. The average molecular weight is 364 g/mol. The molecule has 1 aliphatic rings. The molecule has 27 heavy (non-hydrogen) atoms. The molecule has 0 unspecified atom stereocenters. The van der Waals surface area contributed by atoms with Gasteiger partial charge in [-0.2, -0.15) is 10.2 Å². The Hall–Kier alpha value is -2.93. The molecule has 0 bridgehead atoms. The first kappa shape index (κ1) is 17.5. The molecule has 0 atom stereocenters. The van der Waals surface area contributed by atoms with Gasteiger partial charge in [0.2, 0.25) is 0 Å². The number of anilines is 1. The summed E-state index contributed by atoms with van der Waals surface area (Å²) in [4.78, 5) is 4.05. The third-order valence-corrected chi connectivity index (χ3v) is 5.12. The lowest BCUT2D eigenvalue weighted by Crippen LogP contribution is -2.26. The van der Waals surface area contributed by atoms with E-state index in [1.807, 2.05) is 42.0 Å². The zero-order chi connectivity index (χ0) is 18.9. The highest BCUT2D eigenvalue weighted by Gasteiger charge is 2.22. The van der Waals surface area contributed by atoms with Crippen molar-refractivity contribution in [3.05, 3.63) is 49.2 Å². The largest absolute Gasteiger partial charge is 0.390 e. The number of fused-ring (bicyclic) bond motifs is 2. The van der Waals surface area contributed by atoms with Crippen LogP contribution >= 0.6 is 0 Å². The SMILES string of the molecule is CC1(O)CCCCC1.Nc1ncnn2ccc(-c3ccn4nccc4c3)c12. The van der Waals surface area contributed by atoms with Crippen LogP contribution in [0, 0.1) is 0 Å². The number of pyridine rings is 1. The Labute approximate surface area is 157 Å². The van der Waals surface area contributed by atoms with Crippen LogP contribution in [0.2, 0.25) is 0 Å². The second kappa shape index (κ2) is 7.00. The summed E-state index contributed by atoms with van der Waals surface area (Å²) in [5.41, 5.74) is 9.56. The molecule has 4 heterocycles. The van der Waals surface area contributed by atoms with Crippen LogP contribution in [0.15, 0.2) is 49.2 Å². The molecule has 7 heteroatoms. The molecule has 0 aromatic carbocycles. The van der Waals surface area contributed by atoms with E-state index in [-0.39, 0.29) is 5.60 Å². The molecule has 4 aromatic rings. The summed E-state index contributed by atoms with van der Waals surface area (Å²) in [7, 11) is 0. The van der Waals surface area contributed by atoms with E-state index in [1.165, 1.54) is 25.6 Å². The number of rotatable bonds is 1. The van der Waals surface area contributed by atoms with Crippen LogP contribution < -0.4 is 5.73 Å². The highest BCUT2D eigenvalue weighted by Crippen LogP contribution is 2.28. The number of hydrogen-bond acceptors (Lipinski definition) is 5. The topological polar surface area (TPSA) is 93.7 Å². The molecule has 3 N–H and O–H groups in total. The zero-order valence-corrected chi connectivity index (χ0v) is 15.4. The summed E-state index contributed by atoms with van der Waals surface area (Å²) in [6.07, 6.45) is 12.8. The first-order chi connectivity index (χ1) is 13.0. The maximum absolute atomic E-state index is 9.37. The van der Waals surface area contributed by atoms with Gasteiger partial charge in [0.25, 0.3) is 0 Å². The van der Waals surface area contributed by atoms with Crippen LogP contribution in [0.25, 0.3) is 22.2 Å². The van der Waals surface area contributed by atoms with Crippen molar-refractivity contribution in [2.45, 2.75) is 44.6 Å². The van der Waals surface area contributed by atoms with Gasteiger partial charge in [0, 0.05) is 24.2 Å². The van der Waals surface area contributed by atoms with Crippen molar-refractivity contribution in [3.8, 4) is 11.1 Å². The maximum atomic E-state index is 9.37. The Morgan fingerprint density at radius 3 is 2.56 bits per heavy atom. The zero-order valence-electron chi connectivity index (χ0n) is 15.4. The molecule has 0 radical (unpaired) electrons. The highest BCUT2D eigenvalue weighted by molar-refractivity contribution is 5.88. The van der Waals surface area contributed by atoms with Gasteiger partial charge in [0.1, 0.15) is 11.8 Å². The van der Waals surface area contributed by atoms with Gasteiger partial charge in [0.05, 0.1) is 11.1 Å². The lowest BCUT2D eigenvalue weighted by atomic mass is 9.87. The monoisotopic (exact) mass is 364 g/mol. The smallest absolute Gasteiger partial charge is 0.151 e. The summed E-state index contributed by atoms with van der Waals surface area (Å²) in [5.74, 6) is 0.475. The van der Waals surface area contributed by atoms with Crippen LogP contribution in [-0.4, -0.2) is 34.9 Å². The third kappa shape index (κ3) is 3.64. The van der Waals surface area contributed by atoms with E-state index in [1.54, 1.807) is 10.7 Å². The minimum Gasteiger partial charge on any atom is -0.390 e. The van der Waals surface area contributed by atoms with E-state index < -0.39 is 0 Å². The van der Waals surface area contributed by atoms with Gasteiger partial charge in [0.15, 0.2) is 5.82 Å². The van der Waals surface area contributed by atoms with Gasteiger partial charge < -0.3 is 10.8 Å². The molecule has 5 rings (SSSR count). The third-order valence-electron chi connectivity index (χ3n) is 5.12. The maximum Gasteiger partial charge on any atom is 0.151 e. The number of aromatic nitrogens is 5. The van der Waals surface area contributed by atoms with E-state index in [2.05, 4.69) is 21.2 Å². The molecular formula is C20H24N6O. The molecule has 1 aliphatic carbocycles. The van der Waals surface area contributed by atoms with Crippen LogP contribution in [0.5, 0.6) is 0 Å². The summed E-state index contributed by atoms with van der Waals surface area (Å²) >= 11 is 0. The Kier molecular flexibility index (Phi) is 4.53. The number of aliphatic hydroxyl groups is 1. The van der Waals surface area contributed by atoms with E-state index in [9.17, 15) is 5.11 Å². The van der Waals surface area contributed by atoms with E-state index in [0.717, 1.165) is 35.0 Å². The molecule has 1 fully saturated rings. The second-order valence-electron chi connectivity index (χ2n) is 7.34. The first-order valence-corrected chi connectivity index (χ1v) is 9.27. The molecule has 1 saturated carbocycles. The van der Waals surface area contributed by atoms with Gasteiger partial charge in [-0.25, -0.2) is 14.0 Å². The lowest BCUT2D eigenvalue weighted by Gasteiger charge is -2.27. The van der Waals surface area contributed by atoms with Crippen molar-refractivity contribution >= 4 is 16.9 Å². The lowest BCUT2D eigenvalue weighted by molar-refractivity contribution is 0.0225. The molecule has 4 aromatic heterocycles. The van der Waals surface area contributed by atoms with Crippen molar-refractivity contribution in [2.24, 2.45) is 0 Å². The minimum absolute atomic E-state index is 0.321. The summed E-state index contributed by atoms with van der Waals surface area (Å²) < 4.78 is 3.56. The van der Waals surface area contributed by atoms with Gasteiger partial charge in [-0.3, -0.25) is 0 Å². The van der Waals surface area contributed by atoms with Crippen molar-refractivity contribution < 1.29 is 5.11 Å². The normalized spacial score (nSPS) is 16.2. The summed E-state index contributed by atoms with van der Waals surface area (Å²) in [5, 5.41) is 17.7. The van der Waals surface area contributed by atoms with Gasteiger partial charge >= 0.3 is 0 Å². The molecule has 140 valence electrons. The fourth-order valence-electron chi connectivity index (χ4n) is 3.61. The number of nitrogen functional groups attached to an aromatic ring is 1. The number of nitrogens with two attached hydrogens (primary N) is 1. The average Bonchev–Trinajstić information content (AvgIpc) is 3.29. The van der Waals surface area contributed by atoms with Crippen molar-refractivity contribution in [2.75, 3.05) is 5.73 Å².